The molecule has 0 saturated carbocycles. The monoisotopic (exact) mass is 275 g/mol. The Morgan fingerprint density at radius 1 is 1.45 bits per heavy atom. The predicted molar refractivity (Wildman–Crippen MR) is 82.7 cm³/mol. The summed E-state index contributed by atoms with van der Waals surface area (Å²) in [5, 5.41) is 3.00. The van der Waals surface area contributed by atoms with Gasteiger partial charge >= 0.3 is 0 Å². The van der Waals surface area contributed by atoms with Crippen LogP contribution in [0.15, 0.2) is 23.9 Å². The lowest BCUT2D eigenvalue weighted by atomic mass is 9.97. The van der Waals surface area contributed by atoms with Gasteiger partial charge in [0.25, 0.3) is 5.91 Å². The van der Waals surface area contributed by atoms with Gasteiger partial charge in [-0.1, -0.05) is 11.6 Å². The Bertz CT molecular complexity index is 500. The molecule has 4 heteroatoms. The van der Waals surface area contributed by atoms with Crippen LogP contribution in [0.1, 0.15) is 62.5 Å². The van der Waals surface area contributed by atoms with Crippen LogP contribution in [0, 0.1) is 0 Å². The van der Waals surface area contributed by atoms with Crippen molar-refractivity contribution in [3.05, 3.63) is 29.6 Å². The first-order chi connectivity index (χ1) is 9.58. The van der Waals surface area contributed by atoms with Gasteiger partial charge in [0.15, 0.2) is 0 Å². The SMILES string of the molecule is CC(C)n1cc(N)cc1C(=O)NCCC1=CCCCC1. The van der Waals surface area contributed by atoms with Gasteiger partial charge in [-0.05, 0) is 52.0 Å². The molecule has 1 aromatic rings. The molecule has 0 atom stereocenters. The van der Waals surface area contributed by atoms with Crippen molar-refractivity contribution in [3.8, 4) is 0 Å². The first kappa shape index (κ1) is 14.7. The van der Waals surface area contributed by atoms with Crippen LogP contribution in [-0.4, -0.2) is 17.0 Å². The molecule has 1 aromatic heterocycles. The lowest BCUT2D eigenvalue weighted by Crippen LogP contribution is -2.27. The molecule has 1 aliphatic rings. The standard InChI is InChI=1S/C16H25N3O/c1-12(2)19-11-14(17)10-15(19)16(20)18-9-8-13-6-4-3-5-7-13/h6,10-12H,3-5,7-9,17H2,1-2H3,(H,18,20). The maximum absolute atomic E-state index is 12.2. The Hall–Kier alpha value is -1.71. The summed E-state index contributed by atoms with van der Waals surface area (Å²) in [6.07, 6.45) is 10.1. The average Bonchev–Trinajstić information content (AvgIpc) is 2.82. The minimum absolute atomic E-state index is 0.0354. The molecule has 1 amide bonds. The summed E-state index contributed by atoms with van der Waals surface area (Å²) < 4.78 is 1.92. The highest BCUT2D eigenvalue weighted by molar-refractivity contribution is 5.93. The number of nitrogen functional groups attached to an aromatic ring is 1. The Morgan fingerprint density at radius 3 is 2.90 bits per heavy atom. The zero-order valence-corrected chi connectivity index (χ0v) is 12.5. The van der Waals surface area contributed by atoms with E-state index in [4.69, 9.17) is 5.73 Å². The van der Waals surface area contributed by atoms with Crippen molar-refractivity contribution in [2.45, 2.75) is 52.0 Å². The fraction of sp³-hybridized carbons (Fsp3) is 0.562. The number of carbonyl (C=O) groups excluding carboxylic acids is 1. The van der Waals surface area contributed by atoms with Gasteiger partial charge in [0, 0.05) is 18.8 Å². The molecule has 110 valence electrons. The summed E-state index contributed by atoms with van der Waals surface area (Å²) in [5.74, 6) is -0.0354. The molecule has 20 heavy (non-hydrogen) atoms. The van der Waals surface area contributed by atoms with E-state index in [0.29, 0.717) is 17.9 Å². The van der Waals surface area contributed by atoms with Crippen LogP contribution in [0.4, 0.5) is 5.69 Å². The van der Waals surface area contributed by atoms with Gasteiger partial charge < -0.3 is 15.6 Å². The van der Waals surface area contributed by atoms with Crippen molar-refractivity contribution in [3.63, 3.8) is 0 Å². The number of nitrogens with zero attached hydrogens (tertiary/aromatic N) is 1. The molecule has 1 aliphatic carbocycles. The second-order valence-corrected chi connectivity index (χ2v) is 5.77. The normalized spacial score (nSPS) is 15.2. The number of nitrogens with one attached hydrogen (secondary N) is 1. The van der Waals surface area contributed by atoms with Crippen LogP contribution in [-0.2, 0) is 0 Å². The summed E-state index contributed by atoms with van der Waals surface area (Å²) in [5.41, 5.74) is 8.56. The third-order valence-electron chi connectivity index (χ3n) is 3.78. The summed E-state index contributed by atoms with van der Waals surface area (Å²) >= 11 is 0. The van der Waals surface area contributed by atoms with E-state index in [0.717, 1.165) is 6.42 Å². The van der Waals surface area contributed by atoms with Crippen molar-refractivity contribution in [1.29, 1.82) is 0 Å². The van der Waals surface area contributed by atoms with E-state index in [-0.39, 0.29) is 11.9 Å². The fourth-order valence-corrected chi connectivity index (χ4v) is 2.67. The van der Waals surface area contributed by atoms with E-state index in [9.17, 15) is 4.79 Å². The minimum Gasteiger partial charge on any atom is -0.397 e. The van der Waals surface area contributed by atoms with Gasteiger partial charge in [0.2, 0.25) is 0 Å². The van der Waals surface area contributed by atoms with E-state index < -0.39 is 0 Å². The summed E-state index contributed by atoms with van der Waals surface area (Å²) in [7, 11) is 0. The molecule has 4 nitrogen and oxygen atoms in total. The molecule has 0 saturated heterocycles. The van der Waals surface area contributed by atoms with Crippen molar-refractivity contribution in [2.75, 3.05) is 12.3 Å². The number of hydrogen-bond acceptors (Lipinski definition) is 2. The first-order valence-electron chi connectivity index (χ1n) is 7.51. The number of hydrogen-bond donors (Lipinski definition) is 2. The van der Waals surface area contributed by atoms with Crippen LogP contribution in [0.2, 0.25) is 0 Å². The van der Waals surface area contributed by atoms with Crippen LogP contribution < -0.4 is 11.1 Å². The van der Waals surface area contributed by atoms with Gasteiger partial charge in [0.1, 0.15) is 5.69 Å². The number of amides is 1. The molecule has 0 radical (unpaired) electrons. The van der Waals surface area contributed by atoms with E-state index >= 15 is 0 Å². The molecule has 0 spiro atoms. The smallest absolute Gasteiger partial charge is 0.268 e. The molecule has 0 bridgehead atoms. The molecule has 0 fully saturated rings. The Balaban J connectivity index is 1.90. The second kappa shape index (κ2) is 6.64. The number of nitrogens with two attached hydrogens (primary N) is 1. The molecule has 3 N–H and O–H groups in total. The van der Waals surface area contributed by atoms with E-state index in [1.54, 1.807) is 6.07 Å². The van der Waals surface area contributed by atoms with Crippen LogP contribution >= 0.6 is 0 Å². The largest absolute Gasteiger partial charge is 0.397 e. The van der Waals surface area contributed by atoms with Gasteiger partial charge in [-0.2, -0.15) is 0 Å². The highest BCUT2D eigenvalue weighted by atomic mass is 16.1. The van der Waals surface area contributed by atoms with Crippen molar-refractivity contribution in [1.82, 2.24) is 9.88 Å². The maximum Gasteiger partial charge on any atom is 0.268 e. The average molecular weight is 275 g/mol. The van der Waals surface area contributed by atoms with Gasteiger partial charge in [-0.3, -0.25) is 4.79 Å². The zero-order chi connectivity index (χ0) is 14.5. The van der Waals surface area contributed by atoms with Gasteiger partial charge in [-0.25, -0.2) is 0 Å². The highest BCUT2D eigenvalue weighted by Gasteiger charge is 2.14. The molecule has 0 aromatic carbocycles. The third kappa shape index (κ3) is 3.65. The van der Waals surface area contributed by atoms with E-state index in [2.05, 4.69) is 11.4 Å². The Labute approximate surface area is 121 Å². The lowest BCUT2D eigenvalue weighted by molar-refractivity contribution is 0.0943. The van der Waals surface area contributed by atoms with Crippen LogP contribution in [0.5, 0.6) is 0 Å². The van der Waals surface area contributed by atoms with Crippen molar-refractivity contribution < 1.29 is 4.79 Å². The molecule has 0 unspecified atom stereocenters. The predicted octanol–water partition coefficient (Wildman–Crippen LogP) is 3.27. The minimum atomic E-state index is -0.0354. The van der Waals surface area contributed by atoms with Gasteiger partial charge in [-0.15, -0.1) is 0 Å². The van der Waals surface area contributed by atoms with Gasteiger partial charge in [0.05, 0.1) is 5.69 Å². The van der Waals surface area contributed by atoms with Crippen molar-refractivity contribution in [2.24, 2.45) is 0 Å². The Morgan fingerprint density at radius 2 is 2.25 bits per heavy atom. The molecule has 2 rings (SSSR count). The third-order valence-corrected chi connectivity index (χ3v) is 3.78. The van der Waals surface area contributed by atoms with Crippen LogP contribution in [0.3, 0.4) is 0 Å². The summed E-state index contributed by atoms with van der Waals surface area (Å²) in [4.78, 5) is 12.2. The number of allylic oxidation sites excluding steroid dienone is 1. The molecule has 1 heterocycles. The number of anilines is 1. The fourth-order valence-electron chi connectivity index (χ4n) is 2.67. The van der Waals surface area contributed by atoms with E-state index in [1.807, 2.05) is 24.6 Å². The maximum atomic E-state index is 12.2. The molecular weight excluding hydrogens is 250 g/mol. The van der Waals surface area contributed by atoms with Crippen LogP contribution in [0.25, 0.3) is 0 Å². The first-order valence-corrected chi connectivity index (χ1v) is 7.51. The number of aromatic nitrogens is 1. The second-order valence-electron chi connectivity index (χ2n) is 5.77. The summed E-state index contributed by atoms with van der Waals surface area (Å²) in [6, 6.07) is 1.98. The quantitative estimate of drug-likeness (QED) is 0.810. The number of carbonyl (C=O) groups is 1. The zero-order valence-electron chi connectivity index (χ0n) is 12.5. The Kier molecular flexibility index (Phi) is 4.88. The topological polar surface area (TPSA) is 60.0 Å². The lowest BCUT2D eigenvalue weighted by Gasteiger charge is -2.14. The number of rotatable bonds is 5. The van der Waals surface area contributed by atoms with E-state index in [1.165, 1.54) is 31.3 Å². The van der Waals surface area contributed by atoms with Crippen molar-refractivity contribution >= 4 is 11.6 Å². The molecular formula is C16H25N3O. The highest BCUT2D eigenvalue weighted by Crippen LogP contribution is 2.20. The molecule has 0 aliphatic heterocycles. The summed E-state index contributed by atoms with van der Waals surface area (Å²) in [6.45, 7) is 4.79.